The van der Waals surface area contributed by atoms with Gasteiger partial charge in [0.1, 0.15) is 5.49 Å². The quantitative estimate of drug-likeness (QED) is 0.843. The van der Waals surface area contributed by atoms with Crippen LogP contribution in [0.5, 0.6) is 11.5 Å². The van der Waals surface area contributed by atoms with E-state index in [4.69, 9.17) is 4.74 Å². The number of methoxy groups -OCH3 is 1. The number of alkyl halides is 2. The molecule has 2 rings (SSSR count). The molecule has 0 aliphatic rings. The highest BCUT2D eigenvalue weighted by atomic mass is 19.3. The van der Waals surface area contributed by atoms with Crippen molar-refractivity contribution in [1.82, 2.24) is 4.57 Å². The predicted octanol–water partition coefficient (Wildman–Crippen LogP) is 3.10. The molecule has 0 N–H and O–H groups in total. The van der Waals surface area contributed by atoms with Gasteiger partial charge in [-0.3, -0.25) is 14.4 Å². The highest BCUT2D eigenvalue weighted by Gasteiger charge is 2.15. The number of aromatic nitrogens is 1. The Balaban J connectivity index is 2.45. The van der Waals surface area contributed by atoms with Crippen molar-refractivity contribution >= 4 is 5.91 Å². The molecule has 0 fully saturated rings. The van der Waals surface area contributed by atoms with E-state index in [9.17, 15) is 13.6 Å². The zero-order chi connectivity index (χ0) is 17.7. The summed E-state index contributed by atoms with van der Waals surface area (Å²) in [6.45, 7) is 0.836. The maximum absolute atomic E-state index is 12.7. The van der Waals surface area contributed by atoms with Crippen LogP contribution in [0, 0.1) is 0 Å². The molecule has 0 aliphatic carbocycles. The van der Waals surface area contributed by atoms with E-state index >= 15 is 0 Å². The van der Waals surface area contributed by atoms with Gasteiger partial charge < -0.3 is 9.47 Å². The van der Waals surface area contributed by atoms with Crippen molar-refractivity contribution < 1.29 is 23.0 Å². The van der Waals surface area contributed by atoms with E-state index in [1.165, 1.54) is 29.9 Å². The molecule has 7 heteroatoms. The zero-order valence-corrected chi connectivity index (χ0v) is 13.6. The van der Waals surface area contributed by atoms with Gasteiger partial charge in [-0.1, -0.05) is 6.07 Å². The lowest BCUT2D eigenvalue weighted by molar-refractivity contribution is -0.0512. The number of benzene rings is 1. The van der Waals surface area contributed by atoms with Gasteiger partial charge in [0.25, 0.3) is 5.91 Å². The van der Waals surface area contributed by atoms with Gasteiger partial charge in [0.2, 0.25) is 0 Å². The molecule has 128 valence electrons. The first-order valence-corrected chi connectivity index (χ1v) is 7.31. The van der Waals surface area contributed by atoms with Crippen LogP contribution in [0.3, 0.4) is 0 Å². The average molecular weight is 336 g/mol. The lowest BCUT2D eigenvalue weighted by atomic mass is 10.2. The topological polar surface area (TPSA) is 52.8 Å². The van der Waals surface area contributed by atoms with Crippen LogP contribution < -0.4 is 15.0 Å². The Morgan fingerprint density at radius 2 is 1.92 bits per heavy atom. The van der Waals surface area contributed by atoms with Crippen molar-refractivity contribution in [2.45, 2.75) is 26.5 Å². The summed E-state index contributed by atoms with van der Waals surface area (Å²) in [6, 6.07) is 9.28. The first-order chi connectivity index (χ1) is 11.4. The molecule has 2 aromatic rings. The van der Waals surface area contributed by atoms with Crippen molar-refractivity contribution in [2.24, 2.45) is 4.99 Å². The lowest BCUT2D eigenvalue weighted by Gasteiger charge is -2.12. The van der Waals surface area contributed by atoms with E-state index in [0.29, 0.717) is 5.49 Å². The van der Waals surface area contributed by atoms with Crippen molar-refractivity contribution in [3.05, 3.63) is 53.6 Å². The second kappa shape index (κ2) is 7.72. The Morgan fingerprint density at radius 1 is 1.17 bits per heavy atom. The van der Waals surface area contributed by atoms with Gasteiger partial charge in [-0.2, -0.15) is 8.78 Å². The third-order valence-electron chi connectivity index (χ3n) is 3.07. The summed E-state index contributed by atoms with van der Waals surface area (Å²) in [7, 11) is 1.32. The van der Waals surface area contributed by atoms with E-state index in [1.807, 2.05) is 13.8 Å². The number of ether oxygens (including phenoxy) is 2. The van der Waals surface area contributed by atoms with E-state index in [2.05, 4.69) is 9.73 Å². The van der Waals surface area contributed by atoms with Crippen LogP contribution in [0.25, 0.3) is 0 Å². The zero-order valence-electron chi connectivity index (χ0n) is 13.6. The minimum Gasteiger partial charge on any atom is -0.493 e. The molecule has 0 amide bonds. The van der Waals surface area contributed by atoms with Crippen molar-refractivity contribution in [3.8, 4) is 11.5 Å². The number of hydrogen-bond donors (Lipinski definition) is 0. The summed E-state index contributed by atoms with van der Waals surface area (Å²) in [4.78, 5) is 17.1. The van der Waals surface area contributed by atoms with Crippen LogP contribution in [0.1, 0.15) is 24.2 Å². The van der Waals surface area contributed by atoms with Crippen LogP contribution in [0.2, 0.25) is 0 Å². The summed E-state index contributed by atoms with van der Waals surface area (Å²) >= 11 is 0. The Labute approximate surface area is 138 Å². The van der Waals surface area contributed by atoms with E-state index in [-0.39, 0.29) is 29.0 Å². The first-order valence-electron chi connectivity index (χ1n) is 7.31. The molecule has 0 radical (unpaired) electrons. The van der Waals surface area contributed by atoms with Crippen molar-refractivity contribution in [2.75, 3.05) is 7.11 Å². The molecule has 0 saturated heterocycles. The van der Waals surface area contributed by atoms with Crippen LogP contribution in [-0.4, -0.2) is 30.2 Å². The molecular weight excluding hydrogens is 318 g/mol. The van der Waals surface area contributed by atoms with E-state index in [0.717, 1.165) is 0 Å². The van der Waals surface area contributed by atoms with Crippen LogP contribution in [0.4, 0.5) is 8.78 Å². The molecule has 0 bridgehead atoms. The van der Waals surface area contributed by atoms with Crippen LogP contribution in [0.15, 0.2) is 47.6 Å². The minimum absolute atomic E-state index is 0.0165. The molecule has 0 spiro atoms. The predicted molar refractivity (Wildman–Crippen MR) is 84.5 cm³/mol. The average Bonchev–Trinajstić information content (AvgIpc) is 2.54. The van der Waals surface area contributed by atoms with Gasteiger partial charge in [0, 0.05) is 17.8 Å². The molecule has 0 aliphatic heterocycles. The Kier molecular flexibility index (Phi) is 5.68. The number of halogens is 2. The number of rotatable bonds is 5. The molecule has 0 saturated carbocycles. The fourth-order valence-electron chi connectivity index (χ4n) is 2.11. The number of hydrogen-bond acceptors (Lipinski definition) is 4. The summed E-state index contributed by atoms with van der Waals surface area (Å²) in [5, 5.41) is 0. The van der Waals surface area contributed by atoms with Crippen LogP contribution in [-0.2, 0) is 0 Å². The molecule has 24 heavy (non-hydrogen) atoms. The third-order valence-corrected chi connectivity index (χ3v) is 3.07. The number of carbonyl (C=O) groups is 1. The second-order valence-corrected chi connectivity index (χ2v) is 5.20. The molecule has 5 nitrogen and oxygen atoms in total. The second-order valence-electron chi connectivity index (χ2n) is 5.20. The number of carbonyl (C=O) groups excluding carboxylic acids is 1. The Morgan fingerprint density at radius 3 is 2.54 bits per heavy atom. The largest absolute Gasteiger partial charge is 0.493 e. The smallest absolute Gasteiger partial charge is 0.387 e. The maximum atomic E-state index is 12.7. The molecule has 1 aromatic heterocycles. The van der Waals surface area contributed by atoms with Gasteiger partial charge in [0.15, 0.2) is 11.5 Å². The van der Waals surface area contributed by atoms with E-state index < -0.39 is 6.61 Å². The van der Waals surface area contributed by atoms with Crippen molar-refractivity contribution in [1.29, 1.82) is 0 Å². The highest BCUT2D eigenvalue weighted by molar-refractivity contribution is 5.96. The monoisotopic (exact) mass is 336 g/mol. The van der Waals surface area contributed by atoms with Gasteiger partial charge in [-0.05, 0) is 44.2 Å². The molecule has 0 unspecified atom stereocenters. The number of nitrogens with zero attached hydrogens (tertiary/aromatic N) is 2. The standard InChI is InChI=1S/C17H18F2N2O3/c1-11(2)20-15-6-4-5-9-21(15)16(22)12-7-8-13(24-17(18)19)14(10-12)23-3/h4-11,17H,1-3H3. The Bertz CT molecular complexity index is 785. The fraction of sp³-hybridized carbons (Fsp3) is 0.294. The molecule has 1 heterocycles. The summed E-state index contributed by atoms with van der Waals surface area (Å²) < 4.78 is 35.5. The van der Waals surface area contributed by atoms with Crippen LogP contribution >= 0.6 is 0 Å². The number of pyridine rings is 1. The summed E-state index contributed by atoms with van der Waals surface area (Å²) in [5.41, 5.74) is 0.772. The fourth-order valence-corrected chi connectivity index (χ4v) is 2.11. The third kappa shape index (κ3) is 4.18. The molecule has 1 aromatic carbocycles. The van der Waals surface area contributed by atoms with E-state index in [1.54, 1.807) is 24.4 Å². The molecule has 0 atom stereocenters. The summed E-state index contributed by atoms with van der Waals surface area (Å²) in [6.07, 6.45) is 1.60. The summed E-state index contributed by atoms with van der Waals surface area (Å²) in [5.74, 6) is -0.425. The van der Waals surface area contributed by atoms with Gasteiger partial charge in [-0.15, -0.1) is 0 Å². The van der Waals surface area contributed by atoms with Crippen molar-refractivity contribution in [3.63, 3.8) is 0 Å². The Hall–Kier alpha value is -2.70. The minimum atomic E-state index is -2.97. The normalized spacial score (nSPS) is 11.9. The van der Waals surface area contributed by atoms with Gasteiger partial charge in [0.05, 0.1) is 7.11 Å². The first kappa shape index (κ1) is 17.7. The van der Waals surface area contributed by atoms with Gasteiger partial charge >= 0.3 is 6.61 Å². The maximum Gasteiger partial charge on any atom is 0.387 e. The highest BCUT2D eigenvalue weighted by Crippen LogP contribution is 2.29. The lowest BCUT2D eigenvalue weighted by Crippen LogP contribution is -2.28. The SMILES string of the molecule is COc1cc(C(=O)n2ccccc2=NC(C)C)ccc1OC(F)F. The van der Waals surface area contributed by atoms with Gasteiger partial charge in [-0.25, -0.2) is 0 Å². The molecular formula is C17H18F2N2O3.